The summed E-state index contributed by atoms with van der Waals surface area (Å²) in [6.45, 7) is 4.06. The highest BCUT2D eigenvalue weighted by Crippen LogP contribution is 2.28. The zero-order valence-electron chi connectivity index (χ0n) is 15.9. The van der Waals surface area contributed by atoms with E-state index in [1.165, 1.54) is 0 Å². The summed E-state index contributed by atoms with van der Waals surface area (Å²) in [6, 6.07) is 18.6. The van der Waals surface area contributed by atoms with E-state index in [0.29, 0.717) is 22.9 Å². The number of hydrogen-bond acceptors (Lipinski definition) is 4. The van der Waals surface area contributed by atoms with Crippen LogP contribution in [-0.2, 0) is 0 Å². The Morgan fingerprint density at radius 1 is 1.04 bits per heavy atom. The van der Waals surface area contributed by atoms with Crippen LogP contribution in [0.2, 0.25) is 0 Å². The number of rotatable bonds is 4. The summed E-state index contributed by atoms with van der Waals surface area (Å²) in [6.07, 6.45) is 0. The van der Waals surface area contributed by atoms with Crippen LogP contribution in [0.1, 0.15) is 21.5 Å². The lowest BCUT2D eigenvalue weighted by molar-refractivity contribution is 0.102. The van der Waals surface area contributed by atoms with Crippen LogP contribution in [0.4, 0.5) is 5.69 Å². The number of carbonyl (C=O) groups excluding carboxylic acids is 1. The van der Waals surface area contributed by atoms with E-state index in [1.807, 2.05) is 44.2 Å². The molecule has 1 N–H and O–H groups in total. The summed E-state index contributed by atoms with van der Waals surface area (Å²) in [5, 5.41) is 2.89. The van der Waals surface area contributed by atoms with E-state index in [1.54, 1.807) is 31.4 Å². The molecule has 0 aliphatic rings. The molecule has 3 aromatic carbocycles. The first-order chi connectivity index (χ1) is 13.5. The van der Waals surface area contributed by atoms with Crippen LogP contribution in [0.25, 0.3) is 22.6 Å². The molecule has 4 rings (SSSR count). The van der Waals surface area contributed by atoms with E-state index in [4.69, 9.17) is 9.15 Å². The summed E-state index contributed by atoms with van der Waals surface area (Å²) in [5.74, 6) is 1.01. The summed E-state index contributed by atoms with van der Waals surface area (Å²) >= 11 is 0. The van der Waals surface area contributed by atoms with E-state index in [2.05, 4.69) is 16.4 Å². The monoisotopic (exact) mass is 372 g/mol. The minimum absolute atomic E-state index is 0.195. The molecule has 0 saturated heterocycles. The molecule has 4 aromatic rings. The summed E-state index contributed by atoms with van der Waals surface area (Å²) in [4.78, 5) is 17.0. The normalized spacial score (nSPS) is 10.8. The highest BCUT2D eigenvalue weighted by molar-refractivity contribution is 6.04. The van der Waals surface area contributed by atoms with E-state index in [-0.39, 0.29) is 5.91 Å². The van der Waals surface area contributed by atoms with Crippen molar-refractivity contribution in [1.29, 1.82) is 0 Å². The van der Waals surface area contributed by atoms with Gasteiger partial charge in [0.05, 0.1) is 7.11 Å². The Balaban J connectivity index is 1.55. The third-order valence-corrected chi connectivity index (χ3v) is 4.54. The fourth-order valence-corrected chi connectivity index (χ4v) is 3.16. The number of nitrogens with zero attached hydrogens (tertiary/aromatic N) is 1. The number of aryl methyl sites for hydroxylation is 2. The number of nitrogens with one attached hydrogen (secondary N) is 1. The first kappa shape index (κ1) is 17.8. The summed E-state index contributed by atoms with van der Waals surface area (Å²) < 4.78 is 11.1. The lowest BCUT2D eigenvalue weighted by Gasteiger charge is -2.07. The molecular formula is C23H20N2O3. The molecule has 28 heavy (non-hydrogen) atoms. The minimum Gasteiger partial charge on any atom is -0.497 e. The van der Waals surface area contributed by atoms with Crippen LogP contribution in [0.15, 0.2) is 65.1 Å². The fraction of sp³-hybridized carbons (Fsp3) is 0.130. The molecular weight excluding hydrogens is 352 g/mol. The van der Waals surface area contributed by atoms with Crippen molar-refractivity contribution in [1.82, 2.24) is 4.98 Å². The predicted octanol–water partition coefficient (Wildman–Crippen LogP) is 5.37. The van der Waals surface area contributed by atoms with Gasteiger partial charge in [-0.25, -0.2) is 4.98 Å². The van der Waals surface area contributed by atoms with Gasteiger partial charge >= 0.3 is 0 Å². The van der Waals surface area contributed by atoms with Crippen LogP contribution in [0, 0.1) is 13.8 Å². The highest BCUT2D eigenvalue weighted by atomic mass is 16.5. The summed E-state index contributed by atoms with van der Waals surface area (Å²) in [7, 11) is 1.57. The van der Waals surface area contributed by atoms with Crippen molar-refractivity contribution >= 4 is 22.7 Å². The predicted molar refractivity (Wildman–Crippen MR) is 110 cm³/mol. The van der Waals surface area contributed by atoms with Crippen molar-refractivity contribution in [3.63, 3.8) is 0 Å². The minimum atomic E-state index is -0.195. The van der Waals surface area contributed by atoms with Crippen LogP contribution in [0.3, 0.4) is 0 Å². The van der Waals surface area contributed by atoms with Crippen LogP contribution < -0.4 is 10.1 Å². The van der Waals surface area contributed by atoms with Gasteiger partial charge < -0.3 is 14.5 Å². The first-order valence-electron chi connectivity index (χ1n) is 8.97. The lowest BCUT2D eigenvalue weighted by atomic mass is 10.1. The van der Waals surface area contributed by atoms with Crippen molar-refractivity contribution < 1.29 is 13.9 Å². The average molecular weight is 372 g/mol. The second kappa shape index (κ2) is 7.19. The fourth-order valence-electron chi connectivity index (χ4n) is 3.16. The van der Waals surface area contributed by atoms with Gasteiger partial charge in [-0.1, -0.05) is 12.1 Å². The number of oxazole rings is 1. The van der Waals surface area contributed by atoms with Crippen LogP contribution in [-0.4, -0.2) is 18.0 Å². The second-order valence-electron chi connectivity index (χ2n) is 6.71. The number of ether oxygens (including phenoxy) is 1. The van der Waals surface area contributed by atoms with Gasteiger partial charge in [-0.15, -0.1) is 0 Å². The maximum atomic E-state index is 12.4. The molecule has 0 spiro atoms. The Morgan fingerprint density at radius 2 is 1.82 bits per heavy atom. The van der Waals surface area contributed by atoms with E-state index in [0.717, 1.165) is 27.8 Å². The highest BCUT2D eigenvalue weighted by Gasteiger charge is 2.12. The van der Waals surface area contributed by atoms with Gasteiger partial charge in [0.1, 0.15) is 11.3 Å². The molecule has 0 fully saturated rings. The number of hydrogen-bond donors (Lipinski definition) is 1. The molecule has 1 heterocycles. The Labute approximate surface area is 163 Å². The number of aromatic nitrogens is 1. The Kier molecular flexibility index (Phi) is 4.57. The molecule has 0 aliphatic heterocycles. The Hall–Kier alpha value is -3.60. The number of amides is 1. The number of anilines is 1. The molecule has 140 valence electrons. The molecule has 1 aromatic heterocycles. The van der Waals surface area contributed by atoms with Crippen molar-refractivity contribution in [2.24, 2.45) is 0 Å². The summed E-state index contributed by atoms with van der Waals surface area (Å²) in [5.41, 5.74) is 5.95. The molecule has 0 atom stereocenters. The second-order valence-corrected chi connectivity index (χ2v) is 6.71. The van der Waals surface area contributed by atoms with Gasteiger partial charge in [0.2, 0.25) is 5.89 Å². The zero-order valence-corrected chi connectivity index (χ0v) is 15.9. The molecule has 0 radical (unpaired) electrons. The van der Waals surface area contributed by atoms with Gasteiger partial charge in [0, 0.05) is 16.8 Å². The lowest BCUT2D eigenvalue weighted by Crippen LogP contribution is -2.11. The van der Waals surface area contributed by atoms with E-state index < -0.39 is 0 Å². The number of fused-ring (bicyclic) bond motifs is 1. The topological polar surface area (TPSA) is 64.4 Å². The third-order valence-electron chi connectivity index (χ3n) is 4.54. The SMILES string of the molecule is COc1cccc(C(=O)Nc2ccc(-c3nc4cc(C)cc(C)c4o3)cc2)c1. The maximum Gasteiger partial charge on any atom is 0.255 e. The van der Waals surface area contributed by atoms with Crippen LogP contribution >= 0.6 is 0 Å². The molecule has 5 heteroatoms. The van der Waals surface area contributed by atoms with Gasteiger partial charge in [0.25, 0.3) is 5.91 Å². The maximum absolute atomic E-state index is 12.4. The van der Waals surface area contributed by atoms with Crippen molar-refractivity contribution in [3.05, 3.63) is 77.4 Å². The number of methoxy groups -OCH3 is 1. The molecule has 0 saturated carbocycles. The Bertz CT molecular complexity index is 1160. The average Bonchev–Trinajstić information content (AvgIpc) is 3.13. The third kappa shape index (κ3) is 3.47. The molecule has 0 bridgehead atoms. The largest absolute Gasteiger partial charge is 0.497 e. The van der Waals surface area contributed by atoms with Gasteiger partial charge in [-0.05, 0) is 73.5 Å². The Morgan fingerprint density at radius 3 is 2.57 bits per heavy atom. The van der Waals surface area contributed by atoms with Crippen LogP contribution in [0.5, 0.6) is 5.75 Å². The van der Waals surface area contributed by atoms with Gasteiger partial charge in [-0.2, -0.15) is 0 Å². The van der Waals surface area contributed by atoms with Crippen molar-refractivity contribution in [2.75, 3.05) is 12.4 Å². The van der Waals surface area contributed by atoms with E-state index >= 15 is 0 Å². The van der Waals surface area contributed by atoms with Crippen molar-refractivity contribution in [2.45, 2.75) is 13.8 Å². The number of benzene rings is 3. The van der Waals surface area contributed by atoms with Gasteiger partial charge in [-0.3, -0.25) is 4.79 Å². The quantitative estimate of drug-likeness (QED) is 0.523. The molecule has 0 aliphatic carbocycles. The zero-order chi connectivity index (χ0) is 19.7. The van der Waals surface area contributed by atoms with Gasteiger partial charge in [0.15, 0.2) is 5.58 Å². The smallest absolute Gasteiger partial charge is 0.255 e. The van der Waals surface area contributed by atoms with Crippen molar-refractivity contribution in [3.8, 4) is 17.2 Å². The van der Waals surface area contributed by atoms with E-state index in [9.17, 15) is 4.79 Å². The molecule has 1 amide bonds. The molecule has 0 unspecified atom stereocenters. The first-order valence-corrected chi connectivity index (χ1v) is 8.97. The standard InChI is InChI=1S/C23H20N2O3/c1-14-11-15(2)21-20(12-14)25-23(28-21)16-7-9-18(10-8-16)24-22(26)17-5-4-6-19(13-17)27-3/h4-13H,1-3H3,(H,24,26). The number of carbonyl (C=O) groups is 1. The molecule has 5 nitrogen and oxygen atoms in total.